The Bertz CT molecular complexity index is 593. The number of hydrogen-bond donors (Lipinski definition) is 1. The average Bonchev–Trinajstić information content (AvgIpc) is 2.74. The number of nitrogens with zero attached hydrogens (tertiary/aromatic N) is 2. The lowest BCUT2D eigenvalue weighted by Gasteiger charge is -2.30. The number of aromatic amines is 1. The van der Waals surface area contributed by atoms with Crippen LogP contribution in [0.4, 0.5) is 4.39 Å². The summed E-state index contributed by atoms with van der Waals surface area (Å²) in [4.78, 5) is 10.0. The lowest BCUT2D eigenvalue weighted by molar-refractivity contribution is 0.189. The van der Waals surface area contributed by atoms with E-state index in [4.69, 9.17) is 0 Å². The second-order valence-corrected chi connectivity index (χ2v) is 5.86. The molecule has 1 atom stereocenters. The van der Waals surface area contributed by atoms with Gasteiger partial charge in [0.1, 0.15) is 5.82 Å². The molecule has 3 nitrogen and oxygen atoms in total. The van der Waals surface area contributed by atoms with Crippen molar-refractivity contribution in [2.75, 3.05) is 6.54 Å². The second-order valence-electron chi connectivity index (χ2n) is 5.86. The highest BCUT2D eigenvalue weighted by molar-refractivity contribution is 5.21. The summed E-state index contributed by atoms with van der Waals surface area (Å²) < 4.78 is 13.6. The van der Waals surface area contributed by atoms with Gasteiger partial charge in [0, 0.05) is 18.3 Å². The van der Waals surface area contributed by atoms with Crippen molar-refractivity contribution in [2.24, 2.45) is 0 Å². The summed E-state index contributed by atoms with van der Waals surface area (Å²) in [7, 11) is 0. The van der Waals surface area contributed by atoms with Gasteiger partial charge in [0.15, 0.2) is 0 Å². The smallest absolute Gasteiger partial charge is 0.123 e. The Hall–Kier alpha value is -1.68. The highest BCUT2D eigenvalue weighted by atomic mass is 19.1. The van der Waals surface area contributed by atoms with Crippen LogP contribution in [0.5, 0.6) is 0 Å². The Morgan fingerprint density at radius 1 is 1.33 bits per heavy atom. The minimum Gasteiger partial charge on any atom is -0.348 e. The SMILES string of the molecule is Cc1[nH]cnc1CN1CCCCCC1c1cccc(F)c1. The fourth-order valence-electron chi connectivity index (χ4n) is 3.19. The van der Waals surface area contributed by atoms with E-state index in [0.717, 1.165) is 36.5 Å². The predicted octanol–water partition coefficient (Wildman–Crippen LogP) is 3.97. The van der Waals surface area contributed by atoms with E-state index in [2.05, 4.69) is 21.8 Å². The topological polar surface area (TPSA) is 31.9 Å². The first-order valence-electron chi connectivity index (χ1n) is 7.72. The zero-order valence-corrected chi connectivity index (χ0v) is 12.5. The van der Waals surface area contributed by atoms with Gasteiger partial charge in [-0.05, 0) is 44.0 Å². The Balaban J connectivity index is 1.85. The van der Waals surface area contributed by atoms with Gasteiger partial charge in [0.25, 0.3) is 0 Å². The fraction of sp³-hybridized carbons (Fsp3) is 0.471. The minimum absolute atomic E-state index is 0.146. The number of benzene rings is 1. The first-order valence-corrected chi connectivity index (χ1v) is 7.72. The van der Waals surface area contributed by atoms with Crippen molar-refractivity contribution < 1.29 is 4.39 Å². The number of aromatic nitrogens is 2. The molecule has 4 heteroatoms. The quantitative estimate of drug-likeness (QED) is 0.926. The molecule has 1 aromatic heterocycles. The maximum absolute atomic E-state index is 13.6. The van der Waals surface area contributed by atoms with Gasteiger partial charge in [-0.3, -0.25) is 4.90 Å². The third kappa shape index (κ3) is 3.32. The molecule has 2 aromatic rings. The summed E-state index contributed by atoms with van der Waals surface area (Å²) >= 11 is 0. The maximum Gasteiger partial charge on any atom is 0.123 e. The molecule has 1 unspecified atom stereocenters. The van der Waals surface area contributed by atoms with Crippen LogP contribution in [-0.4, -0.2) is 21.4 Å². The molecule has 1 aromatic carbocycles. The van der Waals surface area contributed by atoms with Crippen molar-refractivity contribution in [3.05, 3.63) is 53.4 Å². The molecule has 0 aliphatic carbocycles. The van der Waals surface area contributed by atoms with Crippen LogP contribution < -0.4 is 0 Å². The Morgan fingerprint density at radius 2 is 2.24 bits per heavy atom. The van der Waals surface area contributed by atoms with Crippen LogP contribution in [0.3, 0.4) is 0 Å². The first kappa shape index (κ1) is 14.3. The molecule has 1 aliphatic heterocycles. The van der Waals surface area contributed by atoms with Crippen LogP contribution in [0.25, 0.3) is 0 Å². The van der Waals surface area contributed by atoms with E-state index in [1.165, 1.54) is 25.3 Å². The van der Waals surface area contributed by atoms with Crippen molar-refractivity contribution in [1.82, 2.24) is 14.9 Å². The standard InChI is InChI=1S/C17H22FN3/c1-13-16(20-12-19-13)11-21-9-4-2-3-8-17(21)14-6-5-7-15(18)10-14/h5-7,10,12,17H,2-4,8-9,11H2,1H3,(H,19,20). The zero-order valence-electron chi connectivity index (χ0n) is 12.5. The van der Waals surface area contributed by atoms with Crippen molar-refractivity contribution in [2.45, 2.75) is 45.2 Å². The van der Waals surface area contributed by atoms with Gasteiger partial charge < -0.3 is 4.98 Å². The second kappa shape index (κ2) is 6.39. The average molecular weight is 287 g/mol. The molecule has 0 spiro atoms. The number of hydrogen-bond acceptors (Lipinski definition) is 2. The molecule has 21 heavy (non-hydrogen) atoms. The van der Waals surface area contributed by atoms with Gasteiger partial charge in [-0.1, -0.05) is 25.0 Å². The summed E-state index contributed by atoms with van der Waals surface area (Å²) in [5.74, 6) is -0.146. The lowest BCUT2D eigenvalue weighted by Crippen LogP contribution is -2.28. The van der Waals surface area contributed by atoms with Gasteiger partial charge in [0.2, 0.25) is 0 Å². The third-order valence-corrected chi connectivity index (χ3v) is 4.38. The molecule has 1 saturated heterocycles. The van der Waals surface area contributed by atoms with E-state index in [1.54, 1.807) is 12.4 Å². The van der Waals surface area contributed by atoms with Crippen molar-refractivity contribution in [1.29, 1.82) is 0 Å². The van der Waals surface area contributed by atoms with Crippen LogP contribution >= 0.6 is 0 Å². The van der Waals surface area contributed by atoms with E-state index < -0.39 is 0 Å². The molecule has 0 radical (unpaired) electrons. The van der Waals surface area contributed by atoms with E-state index in [1.807, 2.05) is 12.1 Å². The van der Waals surface area contributed by atoms with Crippen molar-refractivity contribution in [3.63, 3.8) is 0 Å². The van der Waals surface area contributed by atoms with Crippen LogP contribution in [0.1, 0.15) is 48.7 Å². The molecular formula is C17H22FN3. The minimum atomic E-state index is -0.146. The normalized spacial score (nSPS) is 20.4. The maximum atomic E-state index is 13.6. The number of likely N-dealkylation sites (tertiary alicyclic amines) is 1. The van der Waals surface area contributed by atoms with Crippen LogP contribution in [-0.2, 0) is 6.54 Å². The van der Waals surface area contributed by atoms with Crippen molar-refractivity contribution in [3.8, 4) is 0 Å². The Morgan fingerprint density at radius 3 is 3.00 bits per heavy atom. The number of nitrogens with one attached hydrogen (secondary N) is 1. The molecule has 0 bridgehead atoms. The third-order valence-electron chi connectivity index (χ3n) is 4.38. The van der Waals surface area contributed by atoms with Crippen molar-refractivity contribution >= 4 is 0 Å². The summed E-state index contributed by atoms with van der Waals surface area (Å²) in [6.07, 6.45) is 6.50. The lowest BCUT2D eigenvalue weighted by atomic mass is 10.0. The number of aryl methyl sites for hydroxylation is 1. The number of rotatable bonds is 3. The molecule has 0 amide bonds. The molecule has 0 saturated carbocycles. The molecule has 1 N–H and O–H groups in total. The van der Waals surface area contributed by atoms with Gasteiger partial charge in [0.05, 0.1) is 12.0 Å². The molecule has 112 valence electrons. The summed E-state index contributed by atoms with van der Waals surface area (Å²) in [6, 6.07) is 7.35. The highest BCUT2D eigenvalue weighted by Gasteiger charge is 2.24. The first-order chi connectivity index (χ1) is 10.2. The zero-order chi connectivity index (χ0) is 14.7. The Labute approximate surface area is 125 Å². The van der Waals surface area contributed by atoms with Gasteiger partial charge in [-0.25, -0.2) is 9.37 Å². The number of imidazole rings is 1. The number of halogens is 1. The molecule has 1 fully saturated rings. The predicted molar refractivity (Wildman–Crippen MR) is 81.3 cm³/mol. The van der Waals surface area contributed by atoms with E-state index in [9.17, 15) is 4.39 Å². The monoisotopic (exact) mass is 287 g/mol. The van der Waals surface area contributed by atoms with Crippen LogP contribution in [0, 0.1) is 12.7 Å². The largest absolute Gasteiger partial charge is 0.348 e. The molecule has 3 rings (SSSR count). The van der Waals surface area contributed by atoms with Gasteiger partial charge in [-0.15, -0.1) is 0 Å². The molecule has 2 heterocycles. The van der Waals surface area contributed by atoms with Gasteiger partial charge in [-0.2, -0.15) is 0 Å². The van der Waals surface area contributed by atoms with Crippen LogP contribution in [0.15, 0.2) is 30.6 Å². The van der Waals surface area contributed by atoms with Crippen LogP contribution in [0.2, 0.25) is 0 Å². The fourth-order valence-corrected chi connectivity index (χ4v) is 3.19. The number of H-pyrrole nitrogens is 1. The summed E-state index contributed by atoms with van der Waals surface area (Å²) in [5, 5.41) is 0. The molecular weight excluding hydrogens is 265 g/mol. The van der Waals surface area contributed by atoms with E-state index >= 15 is 0 Å². The highest BCUT2D eigenvalue weighted by Crippen LogP contribution is 2.31. The molecule has 1 aliphatic rings. The van der Waals surface area contributed by atoms with E-state index in [0.29, 0.717) is 6.04 Å². The summed E-state index contributed by atoms with van der Waals surface area (Å²) in [5.41, 5.74) is 3.31. The van der Waals surface area contributed by atoms with Gasteiger partial charge >= 0.3 is 0 Å². The summed E-state index contributed by atoms with van der Waals surface area (Å²) in [6.45, 7) is 3.93. The van der Waals surface area contributed by atoms with E-state index in [-0.39, 0.29) is 5.82 Å². The Kier molecular flexibility index (Phi) is 4.34.